The van der Waals surface area contributed by atoms with Crippen LogP contribution in [0.4, 0.5) is 0 Å². The molecule has 3 atom stereocenters. The highest BCUT2D eigenvalue weighted by Crippen LogP contribution is 2.37. The summed E-state index contributed by atoms with van der Waals surface area (Å²) in [6.07, 6.45) is 3.21. The number of nitrogens with zero attached hydrogens (tertiary/aromatic N) is 1. The van der Waals surface area contributed by atoms with Gasteiger partial charge in [-0.15, -0.1) is 0 Å². The van der Waals surface area contributed by atoms with Crippen molar-refractivity contribution in [1.82, 2.24) is 20.5 Å². The highest BCUT2D eigenvalue weighted by atomic mass is 16.5. The smallest absolute Gasteiger partial charge is 0.340 e. The number of ether oxygens (including phenoxy) is 1. The van der Waals surface area contributed by atoms with Gasteiger partial charge in [-0.1, -0.05) is 0 Å². The van der Waals surface area contributed by atoms with E-state index in [4.69, 9.17) is 4.74 Å². The quantitative estimate of drug-likeness (QED) is 0.677. The van der Waals surface area contributed by atoms with Gasteiger partial charge in [0.2, 0.25) is 5.91 Å². The Kier molecular flexibility index (Phi) is 2.91. The highest BCUT2D eigenvalue weighted by Gasteiger charge is 2.40. The fourth-order valence-electron chi connectivity index (χ4n) is 2.85. The first-order chi connectivity index (χ1) is 8.72. The minimum absolute atomic E-state index is 0.0350. The third-order valence-corrected chi connectivity index (χ3v) is 3.80. The van der Waals surface area contributed by atoms with E-state index in [-0.39, 0.29) is 24.1 Å². The van der Waals surface area contributed by atoms with Crippen molar-refractivity contribution in [2.45, 2.75) is 31.9 Å². The van der Waals surface area contributed by atoms with Gasteiger partial charge in [-0.05, 0) is 25.2 Å². The summed E-state index contributed by atoms with van der Waals surface area (Å²) < 4.78 is 5.58. The standard InChI is InChI=1S/C11H16N4O3/c16-10(12-4-9-13-11(17)15-14-9)8-2-1-7-3-6(8)5-18-7/h6-8H,1-5H2,(H,12,16)(H2,13,14,15,17)/t6-,7+,8-/m1/s1. The Labute approximate surface area is 103 Å². The van der Waals surface area contributed by atoms with E-state index in [9.17, 15) is 9.59 Å². The SMILES string of the molecule is O=C(NCc1n[nH]c(=O)[nH]1)[C@@H]1CC[C@H]2C[C@@H]1CO2. The molecule has 2 aliphatic rings. The highest BCUT2D eigenvalue weighted by molar-refractivity contribution is 5.79. The fraction of sp³-hybridized carbons (Fsp3) is 0.727. The third-order valence-electron chi connectivity index (χ3n) is 3.80. The molecule has 1 aromatic rings. The van der Waals surface area contributed by atoms with Crippen molar-refractivity contribution in [2.24, 2.45) is 11.8 Å². The number of rotatable bonds is 3. The third kappa shape index (κ3) is 2.17. The van der Waals surface area contributed by atoms with Gasteiger partial charge in [0, 0.05) is 5.92 Å². The molecule has 18 heavy (non-hydrogen) atoms. The average Bonchev–Trinajstić information content (AvgIpc) is 2.94. The maximum atomic E-state index is 12.1. The molecule has 1 aromatic heterocycles. The van der Waals surface area contributed by atoms with Crippen molar-refractivity contribution in [1.29, 1.82) is 0 Å². The number of carbonyl (C=O) groups is 1. The molecule has 3 rings (SSSR count). The summed E-state index contributed by atoms with van der Waals surface area (Å²) in [5.41, 5.74) is -0.357. The molecule has 1 amide bonds. The van der Waals surface area contributed by atoms with Gasteiger partial charge in [-0.25, -0.2) is 9.89 Å². The summed E-state index contributed by atoms with van der Waals surface area (Å²) >= 11 is 0. The number of hydrogen-bond donors (Lipinski definition) is 3. The number of amides is 1. The van der Waals surface area contributed by atoms with Crippen LogP contribution in [0.1, 0.15) is 25.1 Å². The van der Waals surface area contributed by atoms with Gasteiger partial charge in [-0.3, -0.25) is 9.78 Å². The van der Waals surface area contributed by atoms with Crippen molar-refractivity contribution in [3.05, 3.63) is 16.3 Å². The molecule has 1 saturated heterocycles. The molecule has 1 saturated carbocycles. The average molecular weight is 252 g/mol. The van der Waals surface area contributed by atoms with Gasteiger partial charge in [-0.2, -0.15) is 5.10 Å². The van der Waals surface area contributed by atoms with Gasteiger partial charge in [0.15, 0.2) is 0 Å². The normalized spacial score (nSPS) is 30.3. The van der Waals surface area contributed by atoms with Gasteiger partial charge in [0.25, 0.3) is 0 Å². The maximum absolute atomic E-state index is 12.1. The maximum Gasteiger partial charge on any atom is 0.340 e. The molecule has 3 N–H and O–H groups in total. The Bertz CT molecular complexity index is 494. The summed E-state index contributed by atoms with van der Waals surface area (Å²) in [6, 6.07) is 0. The lowest BCUT2D eigenvalue weighted by atomic mass is 9.80. The second-order valence-electron chi connectivity index (χ2n) is 4.98. The van der Waals surface area contributed by atoms with Crippen molar-refractivity contribution in [2.75, 3.05) is 6.61 Å². The zero-order chi connectivity index (χ0) is 12.5. The van der Waals surface area contributed by atoms with E-state index in [2.05, 4.69) is 20.5 Å². The number of aromatic amines is 2. The Balaban J connectivity index is 1.56. The first-order valence-corrected chi connectivity index (χ1v) is 6.25. The molecule has 1 aliphatic carbocycles. The zero-order valence-corrected chi connectivity index (χ0v) is 9.94. The van der Waals surface area contributed by atoms with Crippen LogP contribution in [0.3, 0.4) is 0 Å². The largest absolute Gasteiger partial charge is 0.378 e. The van der Waals surface area contributed by atoms with Crippen molar-refractivity contribution in [3.63, 3.8) is 0 Å². The molecule has 0 aromatic carbocycles. The van der Waals surface area contributed by atoms with Crippen LogP contribution >= 0.6 is 0 Å². The van der Waals surface area contributed by atoms with Crippen LogP contribution in [0.25, 0.3) is 0 Å². The summed E-state index contributed by atoms with van der Waals surface area (Å²) in [4.78, 5) is 25.4. The van der Waals surface area contributed by atoms with Crippen LogP contribution in [-0.4, -0.2) is 33.8 Å². The summed E-state index contributed by atoms with van der Waals surface area (Å²) in [5, 5.41) is 8.83. The first-order valence-electron chi connectivity index (χ1n) is 6.25. The van der Waals surface area contributed by atoms with Crippen LogP contribution in [0, 0.1) is 11.8 Å². The molecule has 2 bridgehead atoms. The zero-order valence-electron chi connectivity index (χ0n) is 9.94. The number of carbonyl (C=O) groups excluding carboxylic acids is 1. The number of hydrogen-bond acceptors (Lipinski definition) is 4. The van der Waals surface area contributed by atoms with Gasteiger partial charge >= 0.3 is 5.69 Å². The number of nitrogens with one attached hydrogen (secondary N) is 3. The Morgan fingerprint density at radius 2 is 2.39 bits per heavy atom. The van der Waals surface area contributed by atoms with Crippen LogP contribution in [0.15, 0.2) is 4.79 Å². The minimum atomic E-state index is -0.357. The van der Waals surface area contributed by atoms with Crippen LogP contribution in [-0.2, 0) is 16.1 Å². The number of H-pyrrole nitrogens is 2. The molecular formula is C11H16N4O3. The number of fused-ring (bicyclic) bond motifs is 2. The van der Waals surface area contributed by atoms with Crippen LogP contribution in [0.5, 0.6) is 0 Å². The van der Waals surface area contributed by atoms with Crippen LogP contribution in [0.2, 0.25) is 0 Å². The molecule has 1 aliphatic heterocycles. The van der Waals surface area contributed by atoms with E-state index in [1.165, 1.54) is 0 Å². The Morgan fingerprint density at radius 1 is 1.50 bits per heavy atom. The molecule has 0 spiro atoms. The Morgan fingerprint density at radius 3 is 3.17 bits per heavy atom. The molecule has 7 heteroatoms. The number of aromatic nitrogens is 3. The van der Waals surface area contributed by atoms with Crippen molar-refractivity contribution >= 4 is 5.91 Å². The van der Waals surface area contributed by atoms with Gasteiger partial charge in [0.1, 0.15) is 5.82 Å². The second-order valence-corrected chi connectivity index (χ2v) is 4.98. The molecule has 98 valence electrons. The van der Waals surface area contributed by atoms with Crippen molar-refractivity contribution < 1.29 is 9.53 Å². The van der Waals surface area contributed by atoms with E-state index in [1.807, 2.05) is 0 Å². The molecule has 7 nitrogen and oxygen atoms in total. The van der Waals surface area contributed by atoms with Gasteiger partial charge in [0.05, 0.1) is 19.3 Å². The topological polar surface area (TPSA) is 99.9 Å². The van der Waals surface area contributed by atoms with E-state index in [0.717, 1.165) is 19.3 Å². The lowest BCUT2D eigenvalue weighted by Gasteiger charge is -2.25. The van der Waals surface area contributed by atoms with E-state index >= 15 is 0 Å². The Hall–Kier alpha value is -1.63. The van der Waals surface area contributed by atoms with E-state index in [1.54, 1.807) is 0 Å². The molecule has 2 heterocycles. The fourth-order valence-corrected chi connectivity index (χ4v) is 2.85. The lowest BCUT2D eigenvalue weighted by molar-refractivity contribution is -0.127. The second kappa shape index (κ2) is 4.56. The molecular weight excluding hydrogens is 236 g/mol. The van der Waals surface area contributed by atoms with E-state index < -0.39 is 0 Å². The predicted octanol–water partition coefficient (Wildman–Crippen LogP) is -0.471. The summed E-state index contributed by atoms with van der Waals surface area (Å²) in [5.74, 6) is 0.869. The summed E-state index contributed by atoms with van der Waals surface area (Å²) in [6.45, 7) is 0.951. The van der Waals surface area contributed by atoms with Gasteiger partial charge < -0.3 is 10.1 Å². The van der Waals surface area contributed by atoms with Crippen LogP contribution < -0.4 is 11.0 Å². The molecule has 2 fully saturated rings. The first kappa shape index (κ1) is 11.5. The minimum Gasteiger partial charge on any atom is -0.378 e. The molecule has 0 radical (unpaired) electrons. The van der Waals surface area contributed by atoms with E-state index in [0.29, 0.717) is 24.5 Å². The predicted molar refractivity (Wildman–Crippen MR) is 61.6 cm³/mol. The van der Waals surface area contributed by atoms with Crippen molar-refractivity contribution in [3.8, 4) is 0 Å². The molecule has 0 unspecified atom stereocenters. The lowest BCUT2D eigenvalue weighted by Crippen LogP contribution is -2.37. The summed E-state index contributed by atoms with van der Waals surface area (Å²) in [7, 11) is 0. The monoisotopic (exact) mass is 252 g/mol.